The highest BCUT2D eigenvalue weighted by molar-refractivity contribution is 9.09. The molecule has 0 aromatic heterocycles. The van der Waals surface area contributed by atoms with Gasteiger partial charge in [0.25, 0.3) is 0 Å². The van der Waals surface area contributed by atoms with Gasteiger partial charge in [-0.1, -0.05) is 15.9 Å². The standard InChI is InChI=1S/C4H7BrCl/c1-4(5)2-3-6/h4H,1-3H2. The van der Waals surface area contributed by atoms with Crippen LogP contribution in [0.25, 0.3) is 0 Å². The van der Waals surface area contributed by atoms with Crippen LogP contribution in [0.4, 0.5) is 0 Å². The van der Waals surface area contributed by atoms with E-state index in [0.717, 1.165) is 6.42 Å². The maximum atomic E-state index is 5.33. The minimum atomic E-state index is 0.329. The van der Waals surface area contributed by atoms with Crippen LogP contribution in [0.1, 0.15) is 6.42 Å². The Kier molecular flexibility index (Phi) is 4.45. The minimum Gasteiger partial charge on any atom is -0.127 e. The quantitative estimate of drug-likeness (QED) is 0.558. The molecule has 1 radical (unpaired) electrons. The van der Waals surface area contributed by atoms with E-state index in [0.29, 0.717) is 10.7 Å². The van der Waals surface area contributed by atoms with E-state index >= 15 is 0 Å². The number of hydrogen-bond donors (Lipinski definition) is 0. The molecule has 0 aromatic carbocycles. The van der Waals surface area contributed by atoms with Gasteiger partial charge in [-0.2, -0.15) is 0 Å². The van der Waals surface area contributed by atoms with Crippen molar-refractivity contribution in [3.8, 4) is 0 Å². The van der Waals surface area contributed by atoms with Crippen molar-refractivity contribution in [3.63, 3.8) is 0 Å². The number of rotatable bonds is 2. The predicted molar refractivity (Wildman–Crippen MR) is 33.4 cm³/mol. The fraction of sp³-hybridized carbons (Fsp3) is 0.750. The molecule has 0 rings (SSSR count). The molecule has 1 atom stereocenters. The molecule has 2 heteroatoms. The highest BCUT2D eigenvalue weighted by Crippen LogP contribution is 2.02. The number of halogens is 2. The first kappa shape index (κ1) is 6.77. The van der Waals surface area contributed by atoms with Crippen LogP contribution in [0.15, 0.2) is 0 Å². The molecule has 0 N–H and O–H groups in total. The summed E-state index contributed by atoms with van der Waals surface area (Å²) in [6.07, 6.45) is 0.946. The zero-order valence-electron chi connectivity index (χ0n) is 3.45. The first-order chi connectivity index (χ1) is 2.77. The number of alkyl halides is 2. The number of hydrogen-bond acceptors (Lipinski definition) is 0. The molecular weight excluding hydrogens is 163 g/mol. The fourth-order valence-corrected chi connectivity index (χ4v) is 0.874. The molecule has 0 aromatic rings. The van der Waals surface area contributed by atoms with Gasteiger partial charge in [-0.3, -0.25) is 0 Å². The van der Waals surface area contributed by atoms with Crippen LogP contribution in [0.3, 0.4) is 0 Å². The van der Waals surface area contributed by atoms with Crippen molar-refractivity contribution >= 4 is 27.5 Å². The van der Waals surface area contributed by atoms with Gasteiger partial charge in [0.05, 0.1) is 0 Å². The van der Waals surface area contributed by atoms with Crippen molar-refractivity contribution in [3.05, 3.63) is 6.92 Å². The van der Waals surface area contributed by atoms with Gasteiger partial charge >= 0.3 is 0 Å². The Labute approximate surface area is 52.0 Å². The second kappa shape index (κ2) is 3.94. The molecule has 0 saturated heterocycles. The lowest BCUT2D eigenvalue weighted by Gasteiger charge is -1.92. The molecule has 0 aliphatic heterocycles. The van der Waals surface area contributed by atoms with Crippen molar-refractivity contribution in [1.82, 2.24) is 0 Å². The molecular formula is C4H7BrCl. The van der Waals surface area contributed by atoms with E-state index in [1.807, 2.05) is 0 Å². The van der Waals surface area contributed by atoms with Crippen molar-refractivity contribution in [2.45, 2.75) is 11.2 Å². The van der Waals surface area contributed by atoms with E-state index in [1.54, 1.807) is 0 Å². The minimum absolute atomic E-state index is 0.329. The van der Waals surface area contributed by atoms with Crippen molar-refractivity contribution in [2.75, 3.05) is 5.88 Å². The SMILES string of the molecule is [CH2]C(Br)CCCl. The van der Waals surface area contributed by atoms with Crippen LogP contribution in [0, 0.1) is 6.92 Å². The van der Waals surface area contributed by atoms with Crippen molar-refractivity contribution in [2.24, 2.45) is 0 Å². The summed E-state index contributed by atoms with van der Waals surface area (Å²) < 4.78 is 0. The molecule has 0 nitrogen and oxygen atoms in total. The summed E-state index contributed by atoms with van der Waals surface area (Å²) in [5.41, 5.74) is 0. The Hall–Kier alpha value is 0.770. The second-order valence-corrected chi connectivity index (χ2v) is 2.75. The Morgan fingerprint density at radius 1 is 1.83 bits per heavy atom. The maximum Gasteiger partial charge on any atom is 0.0234 e. The van der Waals surface area contributed by atoms with Crippen molar-refractivity contribution in [1.29, 1.82) is 0 Å². The molecule has 6 heavy (non-hydrogen) atoms. The van der Waals surface area contributed by atoms with Crippen molar-refractivity contribution < 1.29 is 0 Å². The van der Waals surface area contributed by atoms with Gasteiger partial charge in [-0.05, 0) is 13.3 Å². The van der Waals surface area contributed by atoms with Gasteiger partial charge < -0.3 is 0 Å². The summed E-state index contributed by atoms with van der Waals surface area (Å²) in [7, 11) is 0. The van der Waals surface area contributed by atoms with E-state index in [-0.39, 0.29) is 0 Å². The lowest BCUT2D eigenvalue weighted by atomic mass is 10.4. The fourth-order valence-electron chi connectivity index (χ4n) is 0.118. The molecule has 37 valence electrons. The van der Waals surface area contributed by atoms with Gasteiger partial charge in [0.2, 0.25) is 0 Å². The third kappa shape index (κ3) is 4.77. The lowest BCUT2D eigenvalue weighted by molar-refractivity contribution is 0.998. The summed E-state index contributed by atoms with van der Waals surface area (Å²) in [5.74, 6) is 0.694. The molecule has 1 unspecified atom stereocenters. The lowest BCUT2D eigenvalue weighted by Crippen LogP contribution is -1.88. The first-order valence-electron chi connectivity index (χ1n) is 1.80. The zero-order valence-corrected chi connectivity index (χ0v) is 5.80. The van der Waals surface area contributed by atoms with Crippen LogP contribution in [-0.2, 0) is 0 Å². The topological polar surface area (TPSA) is 0 Å². The third-order valence-electron chi connectivity index (χ3n) is 0.422. The molecule has 0 fully saturated rings. The van der Waals surface area contributed by atoms with E-state index in [9.17, 15) is 0 Å². The Bertz CT molecular complexity index is 28.7. The molecule has 0 aliphatic carbocycles. The Balaban J connectivity index is 2.63. The average Bonchev–Trinajstić information content (AvgIpc) is 1.35. The van der Waals surface area contributed by atoms with Gasteiger partial charge in [0.15, 0.2) is 0 Å². The predicted octanol–water partition coefficient (Wildman–Crippen LogP) is 2.21. The second-order valence-electron chi connectivity index (χ2n) is 1.07. The first-order valence-corrected chi connectivity index (χ1v) is 3.25. The largest absolute Gasteiger partial charge is 0.127 e. The summed E-state index contributed by atoms with van der Waals surface area (Å²) in [5, 5.41) is 0. The van der Waals surface area contributed by atoms with Gasteiger partial charge in [-0.15, -0.1) is 11.6 Å². The molecule has 0 aliphatic rings. The molecule has 0 bridgehead atoms. The van der Waals surface area contributed by atoms with Crippen LogP contribution in [0.2, 0.25) is 0 Å². The normalized spacial score (nSPS) is 14.5. The van der Waals surface area contributed by atoms with Crippen LogP contribution < -0.4 is 0 Å². The Morgan fingerprint density at radius 2 is 2.33 bits per heavy atom. The van der Waals surface area contributed by atoms with Crippen LogP contribution >= 0.6 is 27.5 Å². The molecule has 0 saturated carbocycles. The summed E-state index contributed by atoms with van der Waals surface area (Å²) in [6.45, 7) is 3.66. The Morgan fingerprint density at radius 3 is 2.33 bits per heavy atom. The van der Waals surface area contributed by atoms with Crippen LogP contribution in [0.5, 0.6) is 0 Å². The summed E-state index contributed by atoms with van der Waals surface area (Å²) in [6, 6.07) is 0. The van der Waals surface area contributed by atoms with E-state index < -0.39 is 0 Å². The van der Waals surface area contributed by atoms with E-state index in [1.165, 1.54) is 0 Å². The monoisotopic (exact) mass is 169 g/mol. The van der Waals surface area contributed by atoms with Gasteiger partial charge in [0.1, 0.15) is 0 Å². The van der Waals surface area contributed by atoms with Crippen LogP contribution in [-0.4, -0.2) is 10.7 Å². The molecule has 0 spiro atoms. The highest BCUT2D eigenvalue weighted by Gasteiger charge is 1.89. The average molecular weight is 170 g/mol. The summed E-state index contributed by atoms with van der Waals surface area (Å²) in [4.78, 5) is 0.329. The molecule has 0 heterocycles. The van der Waals surface area contributed by atoms with E-state index in [2.05, 4.69) is 22.9 Å². The van der Waals surface area contributed by atoms with E-state index in [4.69, 9.17) is 11.6 Å². The third-order valence-corrected chi connectivity index (χ3v) is 1.10. The highest BCUT2D eigenvalue weighted by atomic mass is 79.9. The summed E-state index contributed by atoms with van der Waals surface area (Å²) >= 11 is 8.57. The smallest absolute Gasteiger partial charge is 0.0234 e. The molecule has 0 amide bonds. The van der Waals surface area contributed by atoms with Gasteiger partial charge in [-0.25, -0.2) is 0 Å². The van der Waals surface area contributed by atoms with Gasteiger partial charge in [0, 0.05) is 10.7 Å². The maximum absolute atomic E-state index is 5.33. The zero-order chi connectivity index (χ0) is 4.99.